The second kappa shape index (κ2) is 5.07. The molecule has 0 spiro atoms. The van der Waals surface area contributed by atoms with Crippen molar-refractivity contribution in [2.24, 2.45) is 0 Å². The Balaban J connectivity index is 2.36. The monoisotopic (exact) mass is 288 g/mol. The third-order valence-corrected chi connectivity index (χ3v) is 4.73. The van der Waals surface area contributed by atoms with Gasteiger partial charge in [-0.1, -0.05) is 0 Å². The van der Waals surface area contributed by atoms with Gasteiger partial charge in [-0.3, -0.25) is 0 Å². The molecule has 19 heavy (non-hydrogen) atoms. The van der Waals surface area contributed by atoms with E-state index in [4.69, 9.17) is 10.5 Å². The highest BCUT2D eigenvalue weighted by Crippen LogP contribution is 2.23. The van der Waals surface area contributed by atoms with Crippen LogP contribution < -0.4 is 5.73 Å². The normalized spacial score (nSPS) is 25.4. The average Bonchev–Trinajstić information content (AvgIpc) is 2.26. The van der Waals surface area contributed by atoms with Crippen LogP contribution in [0.5, 0.6) is 0 Å². The molecule has 7 heteroatoms. The molecule has 1 aliphatic heterocycles. The van der Waals surface area contributed by atoms with E-state index in [1.165, 1.54) is 10.4 Å². The van der Waals surface area contributed by atoms with Crippen LogP contribution in [-0.2, 0) is 14.8 Å². The third kappa shape index (κ3) is 3.05. The summed E-state index contributed by atoms with van der Waals surface area (Å²) in [7, 11) is -3.74. The van der Waals surface area contributed by atoms with Crippen LogP contribution in [0.3, 0.4) is 0 Å². The van der Waals surface area contributed by atoms with Gasteiger partial charge in [0.25, 0.3) is 0 Å². The molecule has 2 atom stereocenters. The van der Waals surface area contributed by atoms with Gasteiger partial charge in [0, 0.05) is 18.8 Å². The predicted octanol–water partition coefficient (Wildman–Crippen LogP) is 1.21. The molecule has 1 fully saturated rings. The maximum atomic E-state index is 13.3. The first-order valence-corrected chi connectivity index (χ1v) is 7.44. The molecule has 0 radical (unpaired) electrons. The summed E-state index contributed by atoms with van der Waals surface area (Å²) >= 11 is 0. The van der Waals surface area contributed by atoms with Gasteiger partial charge in [-0.15, -0.1) is 0 Å². The molecule has 2 N–H and O–H groups in total. The van der Waals surface area contributed by atoms with E-state index in [1.54, 1.807) is 13.8 Å². The summed E-state index contributed by atoms with van der Waals surface area (Å²) in [5, 5.41) is 0. The summed E-state index contributed by atoms with van der Waals surface area (Å²) in [5.74, 6) is -0.659. The van der Waals surface area contributed by atoms with Crippen LogP contribution in [0, 0.1) is 5.82 Å². The van der Waals surface area contributed by atoms with E-state index in [2.05, 4.69) is 0 Å². The lowest BCUT2D eigenvalue weighted by molar-refractivity contribution is -0.0440. The number of nitrogens with zero attached hydrogens (tertiary/aromatic N) is 1. The minimum absolute atomic E-state index is 0.0907. The van der Waals surface area contributed by atoms with Gasteiger partial charge in [-0.05, 0) is 32.0 Å². The molecule has 0 saturated carbocycles. The highest BCUT2D eigenvalue weighted by atomic mass is 32.2. The first-order chi connectivity index (χ1) is 8.79. The summed E-state index contributed by atoms with van der Waals surface area (Å²) < 4.78 is 44.9. The van der Waals surface area contributed by atoms with E-state index in [0.717, 1.165) is 12.1 Å². The maximum absolute atomic E-state index is 13.3. The zero-order valence-electron chi connectivity index (χ0n) is 10.8. The smallest absolute Gasteiger partial charge is 0.243 e. The Kier molecular flexibility index (Phi) is 3.80. The number of hydrogen-bond acceptors (Lipinski definition) is 4. The molecule has 1 aromatic carbocycles. The Hall–Kier alpha value is -1.18. The molecule has 2 unspecified atom stereocenters. The van der Waals surface area contributed by atoms with Crippen molar-refractivity contribution in [3.63, 3.8) is 0 Å². The van der Waals surface area contributed by atoms with E-state index in [9.17, 15) is 12.8 Å². The highest BCUT2D eigenvalue weighted by Gasteiger charge is 2.32. The average molecular weight is 288 g/mol. The maximum Gasteiger partial charge on any atom is 0.243 e. The summed E-state index contributed by atoms with van der Waals surface area (Å²) in [5.41, 5.74) is 5.58. The van der Waals surface area contributed by atoms with Crippen molar-refractivity contribution in [2.45, 2.75) is 31.0 Å². The molecule has 106 valence electrons. The van der Waals surface area contributed by atoms with Gasteiger partial charge in [0.15, 0.2) is 0 Å². The van der Waals surface area contributed by atoms with Gasteiger partial charge in [-0.2, -0.15) is 4.31 Å². The Morgan fingerprint density at radius 1 is 1.26 bits per heavy atom. The van der Waals surface area contributed by atoms with E-state index in [1.807, 2.05) is 0 Å². The molecule has 0 bridgehead atoms. The number of benzene rings is 1. The molecule has 0 amide bonds. The van der Waals surface area contributed by atoms with E-state index in [0.29, 0.717) is 0 Å². The number of nitrogens with two attached hydrogens (primary N) is 1. The molecule has 1 aliphatic rings. The van der Waals surface area contributed by atoms with Crippen LogP contribution in [0.15, 0.2) is 23.1 Å². The summed E-state index contributed by atoms with van der Waals surface area (Å²) in [4.78, 5) is -0.119. The number of anilines is 1. The number of morpholine rings is 1. The Morgan fingerprint density at radius 3 is 2.37 bits per heavy atom. The van der Waals surface area contributed by atoms with Crippen LogP contribution >= 0.6 is 0 Å². The zero-order valence-corrected chi connectivity index (χ0v) is 11.7. The Labute approximate surface area is 112 Å². The van der Waals surface area contributed by atoms with Gasteiger partial charge in [-0.25, -0.2) is 12.8 Å². The lowest BCUT2D eigenvalue weighted by Gasteiger charge is -2.34. The van der Waals surface area contributed by atoms with Crippen molar-refractivity contribution in [1.82, 2.24) is 4.31 Å². The number of hydrogen-bond donors (Lipinski definition) is 1. The number of nitrogen functional groups attached to an aromatic ring is 1. The predicted molar refractivity (Wildman–Crippen MR) is 69.6 cm³/mol. The minimum atomic E-state index is -3.74. The largest absolute Gasteiger partial charge is 0.399 e. The third-order valence-electron chi connectivity index (χ3n) is 2.92. The quantitative estimate of drug-likeness (QED) is 0.830. The number of rotatable bonds is 2. The second-order valence-electron chi connectivity index (χ2n) is 4.80. The summed E-state index contributed by atoms with van der Waals surface area (Å²) in [6.07, 6.45) is -0.381. The highest BCUT2D eigenvalue weighted by molar-refractivity contribution is 7.89. The van der Waals surface area contributed by atoms with Crippen LogP contribution in [0.2, 0.25) is 0 Å². The molecule has 5 nitrogen and oxygen atoms in total. The van der Waals surface area contributed by atoms with Crippen LogP contribution in [-0.4, -0.2) is 38.0 Å². The first kappa shape index (κ1) is 14.2. The SMILES string of the molecule is CC1CN(S(=O)(=O)c2cc(N)cc(F)c2)CC(C)O1. The van der Waals surface area contributed by atoms with E-state index < -0.39 is 15.8 Å². The van der Waals surface area contributed by atoms with Crippen molar-refractivity contribution in [3.8, 4) is 0 Å². The molecule has 1 saturated heterocycles. The number of halogens is 1. The molecular weight excluding hydrogens is 271 g/mol. The van der Waals surface area contributed by atoms with Crippen LogP contribution in [0.25, 0.3) is 0 Å². The van der Waals surface area contributed by atoms with E-state index >= 15 is 0 Å². The second-order valence-corrected chi connectivity index (χ2v) is 6.74. The summed E-state index contributed by atoms with van der Waals surface area (Å²) in [6, 6.07) is 3.34. The van der Waals surface area contributed by atoms with Crippen molar-refractivity contribution in [2.75, 3.05) is 18.8 Å². The molecule has 1 heterocycles. The molecule has 1 aromatic rings. The Morgan fingerprint density at radius 2 is 1.84 bits per heavy atom. The number of sulfonamides is 1. The molecular formula is C12H17FN2O3S. The van der Waals surface area contributed by atoms with Crippen LogP contribution in [0.4, 0.5) is 10.1 Å². The van der Waals surface area contributed by atoms with Gasteiger partial charge in [0.2, 0.25) is 10.0 Å². The minimum Gasteiger partial charge on any atom is -0.399 e. The molecule has 0 aromatic heterocycles. The van der Waals surface area contributed by atoms with Crippen molar-refractivity contribution in [1.29, 1.82) is 0 Å². The van der Waals surface area contributed by atoms with Gasteiger partial charge < -0.3 is 10.5 Å². The van der Waals surface area contributed by atoms with Crippen molar-refractivity contribution in [3.05, 3.63) is 24.0 Å². The standard InChI is InChI=1S/C12H17FN2O3S/c1-8-6-15(7-9(2)18-8)19(16,17)12-4-10(13)3-11(14)5-12/h3-5,8-9H,6-7,14H2,1-2H3. The van der Waals surface area contributed by atoms with Gasteiger partial charge in [0.1, 0.15) is 5.82 Å². The van der Waals surface area contributed by atoms with Crippen molar-refractivity contribution < 1.29 is 17.5 Å². The zero-order chi connectivity index (χ0) is 14.2. The van der Waals surface area contributed by atoms with Crippen LogP contribution in [0.1, 0.15) is 13.8 Å². The Bertz CT molecular complexity index is 546. The number of ether oxygens (including phenoxy) is 1. The summed E-state index contributed by atoms with van der Waals surface area (Å²) in [6.45, 7) is 4.11. The topological polar surface area (TPSA) is 72.6 Å². The lowest BCUT2D eigenvalue weighted by Crippen LogP contribution is -2.48. The fourth-order valence-corrected chi connectivity index (χ4v) is 3.87. The first-order valence-electron chi connectivity index (χ1n) is 6.00. The lowest BCUT2D eigenvalue weighted by atomic mass is 10.3. The van der Waals surface area contributed by atoms with Gasteiger partial charge in [0.05, 0.1) is 17.1 Å². The fourth-order valence-electron chi connectivity index (χ4n) is 2.21. The molecule has 2 rings (SSSR count). The van der Waals surface area contributed by atoms with E-state index in [-0.39, 0.29) is 35.9 Å². The van der Waals surface area contributed by atoms with Crippen molar-refractivity contribution >= 4 is 15.7 Å². The fraction of sp³-hybridized carbons (Fsp3) is 0.500. The van der Waals surface area contributed by atoms with Gasteiger partial charge >= 0.3 is 0 Å². The molecule has 0 aliphatic carbocycles.